The molecule has 488 valence electrons. The van der Waals surface area contributed by atoms with Crippen LogP contribution >= 0.6 is 0 Å². The molecule has 92 heavy (non-hydrogen) atoms. The van der Waals surface area contributed by atoms with E-state index in [0.29, 0.717) is 95.3 Å². The molecule has 0 saturated heterocycles. The maximum atomic E-state index is 14.1. The lowest BCUT2D eigenvalue weighted by atomic mass is 9.43. The predicted molar refractivity (Wildman–Crippen MR) is 348 cm³/mol. The highest BCUT2D eigenvalue weighted by atomic mass is 16.6. The molecule has 0 radical (unpaired) electrons. The first-order chi connectivity index (χ1) is 44.3. The van der Waals surface area contributed by atoms with Gasteiger partial charge in [0.1, 0.15) is 24.4 Å². The minimum atomic E-state index is -0.347. The van der Waals surface area contributed by atoms with E-state index in [-0.39, 0.29) is 105 Å². The van der Waals surface area contributed by atoms with Crippen LogP contribution in [0.3, 0.4) is 0 Å². The molecule has 16 heteroatoms. The quantitative estimate of drug-likeness (QED) is 0.144. The van der Waals surface area contributed by atoms with Crippen molar-refractivity contribution in [1.82, 2.24) is 20.8 Å². The number of hydrazone groups is 2. The highest BCUT2D eigenvalue weighted by Crippen LogP contribution is 2.71. The van der Waals surface area contributed by atoms with Gasteiger partial charge in [-0.05, 0) is 257 Å². The molecule has 22 aliphatic rings. The Morgan fingerprint density at radius 2 is 0.837 bits per heavy atom. The summed E-state index contributed by atoms with van der Waals surface area (Å²) in [6, 6.07) is 21.2. The van der Waals surface area contributed by atoms with Gasteiger partial charge in [0.15, 0.2) is 0 Å². The summed E-state index contributed by atoms with van der Waals surface area (Å²) in [6.45, 7) is 14.2. The Morgan fingerprint density at radius 1 is 0.457 bits per heavy atom. The molecule has 20 unspecified atom stereocenters. The number of aromatic nitrogens is 2. The zero-order chi connectivity index (χ0) is 64.1. The van der Waals surface area contributed by atoms with Crippen molar-refractivity contribution in [1.29, 1.82) is 0 Å². The Bertz CT molecular complexity index is 3210. The molecule has 4 aromatic rings. The van der Waals surface area contributed by atoms with Gasteiger partial charge in [-0.2, -0.15) is 10.2 Å². The fraction of sp³-hybridized carbons (Fsp3) is 0.605. The number of ether oxygens (including phenoxy) is 4. The second-order valence-electron chi connectivity index (χ2n) is 30.6. The smallest absolute Gasteiger partial charge is 0.338 e. The number of pyridine rings is 2. The van der Waals surface area contributed by atoms with Crippen molar-refractivity contribution in [3.63, 3.8) is 0 Å². The van der Waals surface area contributed by atoms with Gasteiger partial charge in [0, 0.05) is 48.5 Å². The van der Waals surface area contributed by atoms with Crippen LogP contribution in [-0.2, 0) is 28.5 Å². The van der Waals surface area contributed by atoms with Crippen molar-refractivity contribution >= 4 is 48.1 Å². The highest BCUT2D eigenvalue weighted by Gasteiger charge is 2.67. The summed E-state index contributed by atoms with van der Waals surface area (Å²) in [7, 11) is 0. The molecule has 16 nitrogen and oxygen atoms in total. The number of amides is 2. The van der Waals surface area contributed by atoms with E-state index in [1.54, 1.807) is 85.7 Å². The SMILES string of the molecule is CC1CCC(=O)NN=Cc2ccc(cc2)C(=O)OC2CCC3(C)C(CCC4C3CC(OC(=O)c3ccncc3)C3(C)C(CCC43)C(C)CCC(=O)NN=Cc3ccc(cc3)C(=O)OC3CCC4(C)C(CCC5C4CC(OC(=O)c4ccncc4)C4(C)C1CCC54)C3)C2. The summed E-state index contributed by atoms with van der Waals surface area (Å²) in [6.07, 6.45) is 25.4. The van der Waals surface area contributed by atoms with E-state index in [2.05, 4.69) is 72.6 Å². The standard InChI is InChI=1S/C76H94N6O10/c1-45-7-25-67(83)81-79-43-47-9-13-49(14-10-47)69(85)90-56-28-34-74(4)54(40-56)18-20-58-62-24-22-60(76(62,6)66(42-64(58)74)92-72(88)52-31-37-78-38-32-52)46(2)8-26-68(84)82-80-44-48-11-15-50(16-12-48)70(86)89-55-27-33-73(3)53(39-55)17-19-57-61-23-21-59(45)75(61,5)65(41-63(57)73)91-71(87)51-29-35-77-36-30-51/h9-16,29-32,35-38,43-46,53-66H,7-8,17-28,33-34,39-42H2,1-6H3,(H,81,83)(H,82,84). The van der Waals surface area contributed by atoms with E-state index in [0.717, 1.165) is 114 Å². The predicted octanol–water partition coefficient (Wildman–Crippen LogP) is 14.0. The molecule has 2 aromatic carbocycles. The molecular weight excluding hydrogens is 1160 g/mol. The third-order valence-electron chi connectivity index (χ3n) is 26.5. The Hall–Kier alpha value is -7.10. The summed E-state index contributed by atoms with van der Waals surface area (Å²) in [5, 5.41) is 8.69. The van der Waals surface area contributed by atoms with E-state index >= 15 is 0 Å². The molecule has 2 N–H and O–H groups in total. The molecule has 2 amide bonds. The molecule has 8 saturated carbocycles. The van der Waals surface area contributed by atoms with Gasteiger partial charge in [-0.25, -0.2) is 30.0 Å². The van der Waals surface area contributed by atoms with Gasteiger partial charge in [0.2, 0.25) is 11.8 Å². The monoisotopic (exact) mass is 1250 g/mol. The molecule has 26 rings (SSSR count). The lowest BCUT2D eigenvalue weighted by Crippen LogP contribution is -2.59. The van der Waals surface area contributed by atoms with Crippen LogP contribution < -0.4 is 10.9 Å². The van der Waals surface area contributed by atoms with Crippen LogP contribution in [-0.4, -0.2) is 82.5 Å². The van der Waals surface area contributed by atoms with E-state index in [4.69, 9.17) is 18.9 Å². The molecular formula is C76H94N6O10. The van der Waals surface area contributed by atoms with Crippen molar-refractivity contribution in [2.75, 3.05) is 0 Å². The second-order valence-corrected chi connectivity index (χ2v) is 30.6. The number of benzene rings is 2. The number of hydrogen-bond donors (Lipinski definition) is 2. The lowest BCUT2D eigenvalue weighted by Gasteiger charge is -2.62. The third kappa shape index (κ3) is 12.0. The van der Waals surface area contributed by atoms with Gasteiger partial charge in [-0.3, -0.25) is 19.6 Å². The second kappa shape index (κ2) is 26.0. The fourth-order valence-corrected chi connectivity index (χ4v) is 21.6. The summed E-state index contributed by atoms with van der Waals surface area (Å²) in [5.41, 5.74) is 8.27. The van der Waals surface area contributed by atoms with Gasteiger partial charge in [0.25, 0.3) is 0 Å². The minimum Gasteiger partial charge on any atom is -0.459 e. The van der Waals surface area contributed by atoms with Crippen LogP contribution in [0, 0.1) is 92.7 Å². The summed E-state index contributed by atoms with van der Waals surface area (Å²) in [4.78, 5) is 91.3. The average molecular weight is 1250 g/mol. The molecule has 2 aromatic heterocycles. The van der Waals surface area contributed by atoms with Gasteiger partial charge in [-0.15, -0.1) is 0 Å². The van der Waals surface area contributed by atoms with Gasteiger partial charge >= 0.3 is 23.9 Å². The first kappa shape index (κ1) is 63.6. The first-order valence-electron chi connectivity index (χ1n) is 34.8. The number of esters is 4. The fourth-order valence-electron chi connectivity index (χ4n) is 21.6. The number of hydrogen-bond acceptors (Lipinski definition) is 14. The average Bonchev–Trinajstić information content (AvgIpc) is 1.33. The normalized spacial score (nSPS) is 38.9. The lowest BCUT2D eigenvalue weighted by molar-refractivity contribution is -0.176. The van der Waals surface area contributed by atoms with E-state index in [1.165, 1.54) is 0 Å². The Morgan fingerprint density at radius 3 is 1.23 bits per heavy atom. The summed E-state index contributed by atoms with van der Waals surface area (Å²) >= 11 is 0. The third-order valence-corrected chi connectivity index (χ3v) is 26.5. The van der Waals surface area contributed by atoms with E-state index in [1.807, 2.05) is 24.3 Å². The Kier molecular flexibility index (Phi) is 18.0. The molecule has 16 heterocycles. The number of rotatable bonds is 4. The molecule has 0 spiro atoms. The number of nitrogens with zero attached hydrogens (tertiary/aromatic N) is 4. The number of carbonyl (C=O) groups is 6. The van der Waals surface area contributed by atoms with E-state index < -0.39 is 0 Å². The Balaban J connectivity index is 0.728. The van der Waals surface area contributed by atoms with Crippen LogP contribution in [0.15, 0.2) is 108 Å². The van der Waals surface area contributed by atoms with E-state index in [9.17, 15) is 28.8 Å². The largest absolute Gasteiger partial charge is 0.459 e. The van der Waals surface area contributed by atoms with Crippen molar-refractivity contribution in [2.24, 2.45) is 103 Å². The minimum absolute atomic E-state index is 0.0248. The number of nitrogens with one attached hydrogen (secondary N) is 2. The number of carbonyl (C=O) groups excluding carboxylic acids is 6. The van der Waals surface area contributed by atoms with Crippen molar-refractivity contribution < 1.29 is 47.7 Å². The van der Waals surface area contributed by atoms with Crippen LogP contribution in [0.2, 0.25) is 0 Å². The van der Waals surface area contributed by atoms with Crippen LogP contribution in [0.1, 0.15) is 223 Å². The van der Waals surface area contributed by atoms with Crippen LogP contribution in [0.4, 0.5) is 0 Å². The summed E-state index contributed by atoms with van der Waals surface area (Å²) in [5.74, 6) is 2.08. The summed E-state index contributed by atoms with van der Waals surface area (Å²) < 4.78 is 26.2. The Labute approximate surface area is 542 Å². The van der Waals surface area contributed by atoms with Crippen molar-refractivity contribution in [3.05, 3.63) is 131 Å². The topological polar surface area (TPSA) is 214 Å². The van der Waals surface area contributed by atoms with Gasteiger partial charge in [-0.1, -0.05) is 65.8 Å². The molecule has 14 aliphatic heterocycles. The maximum Gasteiger partial charge on any atom is 0.338 e. The van der Waals surface area contributed by atoms with Crippen molar-refractivity contribution in [3.8, 4) is 0 Å². The van der Waals surface area contributed by atoms with Crippen LogP contribution in [0.5, 0.6) is 0 Å². The first-order valence-corrected chi connectivity index (χ1v) is 34.8. The molecule has 20 bridgehead atoms. The molecule has 8 fully saturated rings. The highest BCUT2D eigenvalue weighted by molar-refractivity contribution is 5.92. The van der Waals surface area contributed by atoms with Gasteiger partial charge in [0.05, 0.1) is 34.7 Å². The molecule has 8 aliphatic carbocycles. The zero-order valence-electron chi connectivity index (χ0n) is 54.6. The van der Waals surface area contributed by atoms with Crippen molar-refractivity contribution in [2.45, 2.75) is 194 Å². The maximum absolute atomic E-state index is 14.1. The zero-order valence-corrected chi connectivity index (χ0v) is 54.6. The van der Waals surface area contributed by atoms with Crippen LogP contribution in [0.25, 0.3) is 0 Å². The van der Waals surface area contributed by atoms with Gasteiger partial charge < -0.3 is 18.9 Å². The molecule has 20 atom stereocenters.